The van der Waals surface area contributed by atoms with E-state index >= 15 is 0 Å². The summed E-state index contributed by atoms with van der Waals surface area (Å²) < 4.78 is 0. The fourth-order valence-electron chi connectivity index (χ4n) is 3.61. The van der Waals surface area contributed by atoms with Crippen LogP contribution in [0.4, 0.5) is 0 Å². The Bertz CT molecular complexity index is 252. The van der Waals surface area contributed by atoms with Crippen LogP contribution in [-0.4, -0.2) is 55.1 Å². The number of nitrogens with two attached hydrogens (primary N) is 1. The maximum absolute atomic E-state index is 6.20. The van der Waals surface area contributed by atoms with Crippen molar-refractivity contribution in [3.63, 3.8) is 0 Å². The molecule has 2 N–H and O–H groups in total. The fraction of sp³-hybridized carbons (Fsp3) is 1.00. The van der Waals surface area contributed by atoms with Crippen LogP contribution in [-0.2, 0) is 0 Å². The quantitative estimate of drug-likeness (QED) is 0.812. The average molecular weight is 253 g/mol. The molecule has 2 fully saturated rings. The third kappa shape index (κ3) is 3.06. The second kappa shape index (κ2) is 6.36. The van der Waals surface area contributed by atoms with Crippen molar-refractivity contribution in [2.24, 2.45) is 11.7 Å². The predicted octanol–water partition coefficient (Wildman–Crippen LogP) is 1.92. The Morgan fingerprint density at radius 3 is 2.56 bits per heavy atom. The summed E-state index contributed by atoms with van der Waals surface area (Å²) in [6.07, 6.45) is 8.17. The van der Waals surface area contributed by atoms with Gasteiger partial charge in [-0.15, -0.1) is 0 Å². The zero-order valence-electron chi connectivity index (χ0n) is 12.3. The summed E-state index contributed by atoms with van der Waals surface area (Å²) >= 11 is 0. The van der Waals surface area contributed by atoms with Crippen LogP contribution < -0.4 is 5.73 Å². The SMILES string of the molecule is CCN(CC1CCC1)C1(CN)CCCN(C)CC1. The number of rotatable bonds is 5. The van der Waals surface area contributed by atoms with Crippen molar-refractivity contribution >= 4 is 0 Å². The molecule has 3 nitrogen and oxygen atoms in total. The molecular formula is C15H31N3. The highest BCUT2D eigenvalue weighted by atomic mass is 15.2. The molecule has 0 bridgehead atoms. The van der Waals surface area contributed by atoms with Crippen LogP contribution in [0.25, 0.3) is 0 Å². The molecule has 1 saturated heterocycles. The Morgan fingerprint density at radius 1 is 1.22 bits per heavy atom. The van der Waals surface area contributed by atoms with E-state index in [1.165, 1.54) is 58.2 Å². The Labute approximate surface area is 113 Å². The third-order valence-electron chi connectivity index (χ3n) is 5.28. The molecule has 0 aromatic rings. The number of hydrogen-bond acceptors (Lipinski definition) is 3. The molecule has 0 aromatic carbocycles. The van der Waals surface area contributed by atoms with Crippen molar-refractivity contribution in [2.75, 3.05) is 39.8 Å². The van der Waals surface area contributed by atoms with E-state index in [2.05, 4.69) is 23.8 Å². The lowest BCUT2D eigenvalue weighted by atomic mass is 9.82. The van der Waals surface area contributed by atoms with Crippen molar-refractivity contribution < 1.29 is 0 Å². The van der Waals surface area contributed by atoms with E-state index in [4.69, 9.17) is 5.73 Å². The molecule has 0 spiro atoms. The van der Waals surface area contributed by atoms with E-state index in [-0.39, 0.29) is 5.54 Å². The Balaban J connectivity index is 2.01. The molecule has 2 rings (SSSR count). The van der Waals surface area contributed by atoms with Gasteiger partial charge >= 0.3 is 0 Å². The maximum Gasteiger partial charge on any atom is 0.0344 e. The van der Waals surface area contributed by atoms with Gasteiger partial charge in [0.05, 0.1) is 0 Å². The minimum atomic E-state index is 0.287. The molecule has 106 valence electrons. The van der Waals surface area contributed by atoms with Crippen LogP contribution in [0.3, 0.4) is 0 Å². The lowest BCUT2D eigenvalue weighted by Gasteiger charge is -2.45. The number of likely N-dealkylation sites (N-methyl/N-ethyl adjacent to an activating group) is 1. The summed E-state index contributed by atoms with van der Waals surface area (Å²) in [6, 6.07) is 0. The molecule has 0 aromatic heterocycles. The van der Waals surface area contributed by atoms with Crippen molar-refractivity contribution in [3.8, 4) is 0 Å². The first-order valence-electron chi connectivity index (χ1n) is 7.84. The summed E-state index contributed by atoms with van der Waals surface area (Å²) in [7, 11) is 2.24. The van der Waals surface area contributed by atoms with Gasteiger partial charge in [-0.3, -0.25) is 4.90 Å². The van der Waals surface area contributed by atoms with E-state index in [0.717, 1.165) is 19.0 Å². The highest BCUT2D eigenvalue weighted by Gasteiger charge is 2.37. The van der Waals surface area contributed by atoms with E-state index in [0.29, 0.717) is 0 Å². The first kappa shape index (κ1) is 14.3. The van der Waals surface area contributed by atoms with Gasteiger partial charge in [0.15, 0.2) is 0 Å². The molecule has 1 atom stereocenters. The highest BCUT2D eigenvalue weighted by molar-refractivity contribution is 4.95. The lowest BCUT2D eigenvalue weighted by molar-refractivity contribution is 0.0517. The largest absolute Gasteiger partial charge is 0.329 e. The van der Waals surface area contributed by atoms with Crippen LogP contribution >= 0.6 is 0 Å². The van der Waals surface area contributed by atoms with Crippen LogP contribution in [0.2, 0.25) is 0 Å². The second-order valence-electron chi connectivity index (χ2n) is 6.42. The molecule has 18 heavy (non-hydrogen) atoms. The number of hydrogen-bond donors (Lipinski definition) is 1. The fourth-order valence-corrected chi connectivity index (χ4v) is 3.61. The van der Waals surface area contributed by atoms with Crippen molar-refractivity contribution in [2.45, 2.75) is 51.0 Å². The summed E-state index contributed by atoms with van der Waals surface area (Å²) in [4.78, 5) is 5.19. The van der Waals surface area contributed by atoms with Crippen LogP contribution in [0.15, 0.2) is 0 Å². The van der Waals surface area contributed by atoms with E-state index in [1.54, 1.807) is 0 Å². The van der Waals surface area contributed by atoms with Gasteiger partial charge in [-0.05, 0) is 64.7 Å². The lowest BCUT2D eigenvalue weighted by Crippen LogP contribution is -2.56. The smallest absolute Gasteiger partial charge is 0.0344 e. The summed E-state index contributed by atoms with van der Waals surface area (Å²) in [5.41, 5.74) is 6.49. The predicted molar refractivity (Wildman–Crippen MR) is 77.7 cm³/mol. The number of nitrogens with zero attached hydrogens (tertiary/aromatic N) is 2. The zero-order valence-corrected chi connectivity index (χ0v) is 12.3. The first-order chi connectivity index (χ1) is 8.70. The van der Waals surface area contributed by atoms with Gasteiger partial charge in [-0.1, -0.05) is 13.3 Å². The molecule has 0 amide bonds. The summed E-state index contributed by atoms with van der Waals surface area (Å²) in [5.74, 6) is 0.953. The maximum atomic E-state index is 6.20. The van der Waals surface area contributed by atoms with Crippen molar-refractivity contribution in [3.05, 3.63) is 0 Å². The monoisotopic (exact) mass is 253 g/mol. The van der Waals surface area contributed by atoms with Crippen molar-refractivity contribution in [1.29, 1.82) is 0 Å². The molecule has 0 radical (unpaired) electrons. The number of likely N-dealkylation sites (tertiary alicyclic amines) is 1. The molecule has 1 aliphatic heterocycles. The van der Waals surface area contributed by atoms with Crippen LogP contribution in [0, 0.1) is 5.92 Å². The molecule has 1 saturated carbocycles. The second-order valence-corrected chi connectivity index (χ2v) is 6.42. The minimum Gasteiger partial charge on any atom is -0.329 e. The summed E-state index contributed by atoms with van der Waals surface area (Å²) in [5, 5.41) is 0. The Morgan fingerprint density at radius 2 is 2.00 bits per heavy atom. The molecule has 1 heterocycles. The third-order valence-corrected chi connectivity index (χ3v) is 5.28. The van der Waals surface area contributed by atoms with E-state index < -0.39 is 0 Å². The zero-order chi connectivity index (χ0) is 13.0. The summed E-state index contributed by atoms with van der Waals surface area (Å²) in [6.45, 7) is 8.04. The topological polar surface area (TPSA) is 32.5 Å². The standard InChI is InChI=1S/C15H31N3/c1-3-18(12-14-6-4-7-14)15(13-16)8-5-10-17(2)11-9-15/h14H,3-13,16H2,1-2H3. The van der Waals surface area contributed by atoms with Crippen LogP contribution in [0.5, 0.6) is 0 Å². The molecule has 3 heteroatoms. The van der Waals surface area contributed by atoms with Gasteiger partial charge in [0, 0.05) is 18.6 Å². The first-order valence-corrected chi connectivity index (χ1v) is 7.84. The Hall–Kier alpha value is -0.120. The highest BCUT2D eigenvalue weighted by Crippen LogP contribution is 2.33. The van der Waals surface area contributed by atoms with Gasteiger partial charge < -0.3 is 10.6 Å². The van der Waals surface area contributed by atoms with Gasteiger partial charge in [0.25, 0.3) is 0 Å². The average Bonchev–Trinajstić information content (AvgIpc) is 2.51. The van der Waals surface area contributed by atoms with Crippen LogP contribution in [0.1, 0.15) is 45.4 Å². The molecule has 2 aliphatic rings. The Kier molecular flexibility index (Phi) is 5.05. The van der Waals surface area contributed by atoms with Gasteiger partial charge in [-0.25, -0.2) is 0 Å². The van der Waals surface area contributed by atoms with Gasteiger partial charge in [0.2, 0.25) is 0 Å². The van der Waals surface area contributed by atoms with Crippen molar-refractivity contribution in [1.82, 2.24) is 9.80 Å². The van der Waals surface area contributed by atoms with E-state index in [9.17, 15) is 0 Å². The van der Waals surface area contributed by atoms with E-state index in [1.807, 2.05) is 0 Å². The molecule has 1 unspecified atom stereocenters. The molecular weight excluding hydrogens is 222 g/mol. The molecule has 1 aliphatic carbocycles. The van der Waals surface area contributed by atoms with Gasteiger partial charge in [-0.2, -0.15) is 0 Å². The van der Waals surface area contributed by atoms with Gasteiger partial charge in [0.1, 0.15) is 0 Å². The minimum absolute atomic E-state index is 0.287. The normalized spacial score (nSPS) is 31.3.